The van der Waals surface area contributed by atoms with E-state index in [4.69, 9.17) is 0 Å². The quantitative estimate of drug-likeness (QED) is 0.903. The van der Waals surface area contributed by atoms with E-state index in [1.807, 2.05) is 30.3 Å². The number of para-hydroxylation sites is 1. The number of amides is 1. The molecule has 6 heteroatoms. The highest BCUT2D eigenvalue weighted by Gasteiger charge is 2.16. The molecule has 1 aromatic carbocycles. The third kappa shape index (κ3) is 3.83. The van der Waals surface area contributed by atoms with Crippen molar-refractivity contribution in [3.63, 3.8) is 0 Å². The Morgan fingerprint density at radius 1 is 1.38 bits per heavy atom. The highest BCUT2D eigenvalue weighted by molar-refractivity contribution is 5.93. The maximum absolute atomic E-state index is 12.1. The maximum Gasteiger partial charge on any atom is 0.254 e. The van der Waals surface area contributed by atoms with Gasteiger partial charge in [-0.15, -0.1) is 12.4 Å². The van der Waals surface area contributed by atoms with Crippen molar-refractivity contribution in [3.8, 4) is 5.69 Å². The molecule has 0 spiro atoms. The highest BCUT2D eigenvalue weighted by atomic mass is 35.5. The van der Waals surface area contributed by atoms with Crippen LogP contribution in [0.15, 0.2) is 42.7 Å². The molecule has 1 amide bonds. The van der Waals surface area contributed by atoms with Crippen LogP contribution in [0, 0.1) is 5.92 Å². The molecule has 1 aliphatic heterocycles. The normalized spacial score (nSPS) is 17.2. The Morgan fingerprint density at radius 2 is 2.19 bits per heavy atom. The second kappa shape index (κ2) is 7.24. The molecule has 112 valence electrons. The Balaban J connectivity index is 0.00000161. The fourth-order valence-electron chi connectivity index (χ4n) is 2.39. The van der Waals surface area contributed by atoms with E-state index in [0.717, 1.165) is 31.7 Å². The molecule has 1 fully saturated rings. The molecule has 1 saturated heterocycles. The summed E-state index contributed by atoms with van der Waals surface area (Å²) in [5.74, 6) is 0.488. The molecule has 2 heterocycles. The van der Waals surface area contributed by atoms with Gasteiger partial charge in [-0.3, -0.25) is 4.79 Å². The van der Waals surface area contributed by atoms with Gasteiger partial charge in [0, 0.05) is 12.7 Å². The number of carbonyl (C=O) groups is 1. The van der Waals surface area contributed by atoms with E-state index in [-0.39, 0.29) is 18.3 Å². The monoisotopic (exact) mass is 306 g/mol. The van der Waals surface area contributed by atoms with E-state index in [1.54, 1.807) is 17.1 Å². The van der Waals surface area contributed by atoms with Crippen LogP contribution in [0.25, 0.3) is 5.69 Å². The summed E-state index contributed by atoms with van der Waals surface area (Å²) in [6.07, 6.45) is 4.50. The lowest BCUT2D eigenvalue weighted by molar-refractivity contribution is 0.0948. The highest BCUT2D eigenvalue weighted by Crippen LogP contribution is 2.09. The third-order valence-electron chi connectivity index (χ3n) is 3.58. The van der Waals surface area contributed by atoms with Crippen LogP contribution in [-0.2, 0) is 0 Å². The minimum atomic E-state index is -0.0564. The van der Waals surface area contributed by atoms with Gasteiger partial charge in [0.25, 0.3) is 5.91 Å². The number of carbonyl (C=O) groups excluding carboxylic acids is 1. The van der Waals surface area contributed by atoms with Gasteiger partial charge in [-0.25, -0.2) is 4.68 Å². The van der Waals surface area contributed by atoms with Crippen molar-refractivity contribution in [2.75, 3.05) is 19.6 Å². The van der Waals surface area contributed by atoms with Crippen molar-refractivity contribution in [1.29, 1.82) is 0 Å². The standard InChI is InChI=1S/C15H18N4O.ClH/c20-15(17-9-12-6-7-16-8-12)13-10-18-19(11-13)14-4-2-1-3-5-14;/h1-5,10-12,16H,6-9H2,(H,17,20);1H. The van der Waals surface area contributed by atoms with E-state index in [1.165, 1.54) is 0 Å². The topological polar surface area (TPSA) is 59.0 Å². The number of hydrogen-bond donors (Lipinski definition) is 2. The van der Waals surface area contributed by atoms with Gasteiger partial charge in [-0.05, 0) is 37.6 Å². The summed E-state index contributed by atoms with van der Waals surface area (Å²) in [5, 5.41) is 10.5. The van der Waals surface area contributed by atoms with Gasteiger partial charge >= 0.3 is 0 Å². The first-order chi connectivity index (χ1) is 9.83. The van der Waals surface area contributed by atoms with Crippen molar-refractivity contribution in [2.24, 2.45) is 5.92 Å². The third-order valence-corrected chi connectivity index (χ3v) is 3.58. The molecule has 5 nitrogen and oxygen atoms in total. The molecule has 0 bridgehead atoms. The van der Waals surface area contributed by atoms with Crippen LogP contribution in [0.3, 0.4) is 0 Å². The predicted octanol–water partition coefficient (Wildman–Crippen LogP) is 1.63. The van der Waals surface area contributed by atoms with Gasteiger partial charge in [0.2, 0.25) is 0 Å². The van der Waals surface area contributed by atoms with Crippen LogP contribution < -0.4 is 10.6 Å². The Hall–Kier alpha value is -1.85. The molecule has 1 aliphatic rings. The lowest BCUT2D eigenvalue weighted by Crippen LogP contribution is -2.30. The molecular formula is C15H19ClN4O. The second-order valence-corrected chi connectivity index (χ2v) is 5.08. The Morgan fingerprint density at radius 3 is 2.90 bits per heavy atom. The number of benzene rings is 1. The summed E-state index contributed by atoms with van der Waals surface area (Å²) in [5.41, 5.74) is 1.55. The van der Waals surface area contributed by atoms with Crippen molar-refractivity contribution in [2.45, 2.75) is 6.42 Å². The Labute approximate surface area is 130 Å². The van der Waals surface area contributed by atoms with Gasteiger partial charge in [0.05, 0.1) is 17.4 Å². The minimum absolute atomic E-state index is 0. The SMILES string of the molecule is Cl.O=C(NCC1CCNC1)c1cnn(-c2ccccc2)c1. The van der Waals surface area contributed by atoms with Crippen molar-refractivity contribution in [1.82, 2.24) is 20.4 Å². The number of aromatic nitrogens is 2. The molecule has 3 rings (SSSR count). The maximum atomic E-state index is 12.1. The first kappa shape index (κ1) is 15.5. The van der Waals surface area contributed by atoms with Crippen LogP contribution in [0.1, 0.15) is 16.8 Å². The summed E-state index contributed by atoms with van der Waals surface area (Å²) >= 11 is 0. The van der Waals surface area contributed by atoms with Gasteiger partial charge in [0.1, 0.15) is 0 Å². The molecule has 1 aromatic heterocycles. The average Bonchev–Trinajstić information content (AvgIpc) is 3.17. The molecule has 0 aliphatic carbocycles. The van der Waals surface area contributed by atoms with Gasteiger partial charge in [-0.1, -0.05) is 18.2 Å². The Bertz CT molecular complexity index is 578. The Kier molecular flexibility index (Phi) is 5.36. The number of halogens is 1. The van der Waals surface area contributed by atoms with Gasteiger partial charge in [-0.2, -0.15) is 5.10 Å². The summed E-state index contributed by atoms with van der Waals surface area (Å²) in [4.78, 5) is 12.1. The fraction of sp³-hybridized carbons (Fsp3) is 0.333. The summed E-state index contributed by atoms with van der Waals surface area (Å²) < 4.78 is 1.71. The number of nitrogens with zero attached hydrogens (tertiary/aromatic N) is 2. The van der Waals surface area contributed by atoms with Crippen LogP contribution in [-0.4, -0.2) is 35.3 Å². The zero-order valence-electron chi connectivity index (χ0n) is 11.7. The molecule has 0 radical (unpaired) electrons. The number of nitrogens with one attached hydrogen (secondary N) is 2. The van der Waals surface area contributed by atoms with Crippen LogP contribution in [0.5, 0.6) is 0 Å². The van der Waals surface area contributed by atoms with Crippen molar-refractivity contribution < 1.29 is 4.79 Å². The predicted molar refractivity (Wildman–Crippen MR) is 84.1 cm³/mol. The van der Waals surface area contributed by atoms with Crippen LogP contribution in [0.4, 0.5) is 0 Å². The molecule has 21 heavy (non-hydrogen) atoms. The largest absolute Gasteiger partial charge is 0.352 e. The van der Waals surface area contributed by atoms with Crippen molar-refractivity contribution >= 4 is 18.3 Å². The van der Waals surface area contributed by atoms with E-state index in [2.05, 4.69) is 15.7 Å². The number of rotatable bonds is 4. The first-order valence-electron chi connectivity index (χ1n) is 6.92. The second-order valence-electron chi connectivity index (χ2n) is 5.08. The zero-order valence-corrected chi connectivity index (χ0v) is 12.5. The lowest BCUT2D eigenvalue weighted by Gasteiger charge is -2.08. The first-order valence-corrected chi connectivity index (χ1v) is 6.92. The zero-order chi connectivity index (χ0) is 13.8. The molecule has 0 saturated carbocycles. The van der Waals surface area contributed by atoms with E-state index < -0.39 is 0 Å². The smallest absolute Gasteiger partial charge is 0.254 e. The van der Waals surface area contributed by atoms with E-state index in [9.17, 15) is 4.79 Å². The molecule has 2 aromatic rings. The fourth-order valence-corrected chi connectivity index (χ4v) is 2.39. The summed E-state index contributed by atoms with van der Waals surface area (Å²) in [6, 6.07) is 9.77. The van der Waals surface area contributed by atoms with Gasteiger partial charge < -0.3 is 10.6 Å². The van der Waals surface area contributed by atoms with Gasteiger partial charge in [0.15, 0.2) is 0 Å². The van der Waals surface area contributed by atoms with E-state index in [0.29, 0.717) is 11.5 Å². The summed E-state index contributed by atoms with van der Waals surface area (Å²) in [7, 11) is 0. The van der Waals surface area contributed by atoms with E-state index >= 15 is 0 Å². The molecular weight excluding hydrogens is 288 g/mol. The van der Waals surface area contributed by atoms with Crippen LogP contribution >= 0.6 is 12.4 Å². The van der Waals surface area contributed by atoms with Crippen LogP contribution in [0.2, 0.25) is 0 Å². The minimum Gasteiger partial charge on any atom is -0.352 e. The van der Waals surface area contributed by atoms with Crippen molar-refractivity contribution in [3.05, 3.63) is 48.3 Å². The average molecular weight is 307 g/mol. The summed E-state index contributed by atoms with van der Waals surface area (Å²) in [6.45, 7) is 2.76. The number of hydrogen-bond acceptors (Lipinski definition) is 3. The molecule has 1 atom stereocenters. The molecule has 2 N–H and O–H groups in total. The lowest BCUT2D eigenvalue weighted by atomic mass is 10.1. The molecule has 1 unspecified atom stereocenters.